The third-order valence-electron chi connectivity index (χ3n) is 4.89. The van der Waals surface area contributed by atoms with E-state index in [4.69, 9.17) is 15.2 Å². The topological polar surface area (TPSA) is 95.7 Å². The van der Waals surface area contributed by atoms with Gasteiger partial charge in [0.05, 0.1) is 17.9 Å². The lowest BCUT2D eigenvalue weighted by Gasteiger charge is -2.26. The zero-order valence-corrected chi connectivity index (χ0v) is 18.0. The summed E-state index contributed by atoms with van der Waals surface area (Å²) in [7, 11) is 0. The summed E-state index contributed by atoms with van der Waals surface area (Å²) in [6, 6.07) is 3.71. The van der Waals surface area contributed by atoms with Crippen LogP contribution in [-0.2, 0) is 9.59 Å². The highest BCUT2D eigenvalue weighted by Gasteiger charge is 2.29. The molecule has 0 fully saturated rings. The Labute approximate surface area is 167 Å². The van der Waals surface area contributed by atoms with Crippen LogP contribution in [0.15, 0.2) is 18.2 Å². The van der Waals surface area contributed by atoms with Crippen molar-refractivity contribution in [3.05, 3.63) is 23.8 Å². The van der Waals surface area contributed by atoms with Crippen molar-refractivity contribution in [1.29, 1.82) is 0 Å². The van der Waals surface area contributed by atoms with E-state index in [0.29, 0.717) is 18.4 Å². The number of rotatable bonds is 8. The average Bonchev–Trinajstić information content (AvgIpc) is 2.65. The molecule has 6 heteroatoms. The molecule has 1 aromatic rings. The second-order valence-electron chi connectivity index (χ2n) is 8.33. The van der Waals surface area contributed by atoms with Gasteiger partial charge in [0.1, 0.15) is 0 Å². The fraction of sp³-hybridized carbons (Fsp3) is 0.591. The Bertz CT molecular complexity index is 720. The Balaban J connectivity index is 3.28. The fourth-order valence-corrected chi connectivity index (χ4v) is 2.15. The maximum absolute atomic E-state index is 12.7. The predicted molar refractivity (Wildman–Crippen MR) is 108 cm³/mol. The van der Waals surface area contributed by atoms with Gasteiger partial charge in [-0.2, -0.15) is 0 Å². The lowest BCUT2D eigenvalue weighted by atomic mass is 9.83. The molecule has 0 spiro atoms. The Morgan fingerprint density at radius 1 is 0.929 bits per heavy atom. The van der Waals surface area contributed by atoms with Gasteiger partial charge in [-0.3, -0.25) is 14.4 Å². The molecule has 1 rings (SSSR count). The number of nitrogens with two attached hydrogens (primary N) is 1. The van der Waals surface area contributed by atoms with Crippen molar-refractivity contribution in [2.45, 2.75) is 67.3 Å². The van der Waals surface area contributed by atoms with Gasteiger partial charge in [0.15, 0.2) is 17.3 Å². The van der Waals surface area contributed by atoms with Crippen LogP contribution in [-0.4, -0.2) is 23.8 Å². The van der Waals surface area contributed by atoms with Crippen molar-refractivity contribution < 1.29 is 23.9 Å². The van der Waals surface area contributed by atoms with E-state index in [1.54, 1.807) is 13.8 Å². The SMILES string of the molecule is CCC(C)C(=O)Oc1ccc(C(=O)C(N)C(C)(C)C)cc1OC(=O)C(C)CC. The first-order valence-electron chi connectivity index (χ1n) is 9.79. The quantitative estimate of drug-likeness (QED) is 0.406. The van der Waals surface area contributed by atoms with E-state index in [1.165, 1.54) is 18.2 Å². The number of carbonyl (C=O) groups is 3. The van der Waals surface area contributed by atoms with Gasteiger partial charge >= 0.3 is 11.9 Å². The van der Waals surface area contributed by atoms with Crippen LogP contribution in [0.2, 0.25) is 0 Å². The second-order valence-corrected chi connectivity index (χ2v) is 8.33. The van der Waals surface area contributed by atoms with E-state index in [-0.39, 0.29) is 29.1 Å². The summed E-state index contributed by atoms with van der Waals surface area (Å²) in [6.45, 7) is 12.9. The maximum atomic E-state index is 12.7. The summed E-state index contributed by atoms with van der Waals surface area (Å²) in [5.41, 5.74) is 5.96. The molecule has 3 atom stereocenters. The maximum Gasteiger partial charge on any atom is 0.314 e. The molecule has 0 saturated heterocycles. The lowest BCUT2D eigenvalue weighted by Crippen LogP contribution is -2.42. The van der Waals surface area contributed by atoms with Crippen molar-refractivity contribution >= 4 is 17.7 Å². The molecule has 1 aromatic carbocycles. The first kappa shape index (κ1) is 23.8. The summed E-state index contributed by atoms with van der Waals surface area (Å²) < 4.78 is 10.9. The monoisotopic (exact) mass is 391 g/mol. The van der Waals surface area contributed by atoms with Gasteiger partial charge in [-0.05, 0) is 36.5 Å². The zero-order valence-electron chi connectivity index (χ0n) is 18.0. The molecule has 0 aliphatic heterocycles. The summed E-state index contributed by atoms with van der Waals surface area (Å²) in [4.78, 5) is 37.2. The highest BCUT2D eigenvalue weighted by atomic mass is 16.6. The van der Waals surface area contributed by atoms with Gasteiger partial charge in [-0.15, -0.1) is 0 Å². The van der Waals surface area contributed by atoms with E-state index in [1.807, 2.05) is 34.6 Å². The number of ketones is 1. The van der Waals surface area contributed by atoms with Gasteiger partial charge in [-0.25, -0.2) is 0 Å². The molecular formula is C22H33NO5. The first-order chi connectivity index (χ1) is 12.9. The van der Waals surface area contributed by atoms with E-state index in [0.717, 1.165) is 0 Å². The van der Waals surface area contributed by atoms with Crippen LogP contribution in [0, 0.1) is 17.3 Å². The zero-order chi connectivity index (χ0) is 21.6. The second kappa shape index (κ2) is 9.82. The number of esters is 2. The highest BCUT2D eigenvalue weighted by molar-refractivity contribution is 6.01. The van der Waals surface area contributed by atoms with Crippen LogP contribution < -0.4 is 15.2 Å². The Kier molecular flexibility index (Phi) is 8.36. The molecule has 0 amide bonds. The van der Waals surface area contributed by atoms with Crippen LogP contribution in [0.5, 0.6) is 11.5 Å². The molecule has 6 nitrogen and oxygen atoms in total. The minimum Gasteiger partial charge on any atom is -0.422 e. The van der Waals surface area contributed by atoms with Crippen LogP contribution in [0.3, 0.4) is 0 Å². The highest BCUT2D eigenvalue weighted by Crippen LogP contribution is 2.32. The number of hydrogen-bond acceptors (Lipinski definition) is 6. The van der Waals surface area contributed by atoms with Crippen LogP contribution >= 0.6 is 0 Å². The molecule has 28 heavy (non-hydrogen) atoms. The first-order valence-corrected chi connectivity index (χ1v) is 9.79. The van der Waals surface area contributed by atoms with Gasteiger partial charge in [0, 0.05) is 5.56 Å². The molecular weight excluding hydrogens is 358 g/mol. The molecule has 0 aliphatic rings. The lowest BCUT2D eigenvalue weighted by molar-refractivity contribution is -0.141. The average molecular weight is 392 g/mol. The van der Waals surface area contributed by atoms with Crippen molar-refractivity contribution in [2.75, 3.05) is 0 Å². The number of Topliss-reactive ketones (excluding diaryl/α,β-unsaturated/α-hetero) is 1. The van der Waals surface area contributed by atoms with Gasteiger partial charge < -0.3 is 15.2 Å². The number of hydrogen-bond donors (Lipinski definition) is 1. The molecule has 2 N–H and O–H groups in total. The van der Waals surface area contributed by atoms with Gasteiger partial charge in [-0.1, -0.05) is 48.5 Å². The normalized spacial score (nSPS) is 14.7. The van der Waals surface area contributed by atoms with E-state index in [2.05, 4.69) is 0 Å². The summed E-state index contributed by atoms with van der Waals surface area (Å²) >= 11 is 0. The van der Waals surface area contributed by atoms with Crippen molar-refractivity contribution in [2.24, 2.45) is 23.0 Å². The van der Waals surface area contributed by atoms with E-state index in [9.17, 15) is 14.4 Å². The third-order valence-corrected chi connectivity index (χ3v) is 4.89. The Morgan fingerprint density at radius 3 is 1.82 bits per heavy atom. The summed E-state index contributed by atoms with van der Waals surface area (Å²) in [5, 5.41) is 0. The standard InChI is InChI=1S/C22H33NO5/c1-8-13(3)20(25)27-16-11-10-15(18(24)19(23)22(5,6)7)12-17(16)28-21(26)14(4)9-2/h10-14,19H,8-9,23H2,1-7H3. The minimum absolute atomic E-state index is 0.0499. The number of benzene rings is 1. The number of ether oxygens (including phenoxy) is 2. The molecule has 0 aliphatic carbocycles. The minimum atomic E-state index is -0.723. The third kappa shape index (κ3) is 6.16. The number of carbonyl (C=O) groups excluding carboxylic acids is 3. The van der Waals surface area contributed by atoms with Crippen molar-refractivity contribution in [3.63, 3.8) is 0 Å². The predicted octanol–water partition coefficient (Wildman–Crippen LogP) is 4.15. The van der Waals surface area contributed by atoms with Gasteiger partial charge in [0.2, 0.25) is 0 Å². The van der Waals surface area contributed by atoms with E-state index < -0.39 is 23.4 Å². The largest absolute Gasteiger partial charge is 0.422 e. The van der Waals surface area contributed by atoms with Crippen LogP contribution in [0.1, 0.15) is 71.7 Å². The molecule has 0 heterocycles. The summed E-state index contributed by atoms with van der Waals surface area (Å²) in [6.07, 6.45) is 1.23. The molecule has 3 unspecified atom stereocenters. The van der Waals surface area contributed by atoms with Crippen LogP contribution in [0.25, 0.3) is 0 Å². The van der Waals surface area contributed by atoms with E-state index >= 15 is 0 Å². The molecule has 156 valence electrons. The van der Waals surface area contributed by atoms with Crippen molar-refractivity contribution in [1.82, 2.24) is 0 Å². The smallest absolute Gasteiger partial charge is 0.314 e. The fourth-order valence-electron chi connectivity index (χ4n) is 2.15. The molecule has 0 saturated carbocycles. The summed E-state index contributed by atoms with van der Waals surface area (Å²) in [5.74, 6) is -1.60. The molecule has 0 bridgehead atoms. The molecule has 0 radical (unpaired) electrons. The Hall–Kier alpha value is -2.21. The van der Waals surface area contributed by atoms with Crippen molar-refractivity contribution in [3.8, 4) is 11.5 Å². The van der Waals surface area contributed by atoms with Crippen LogP contribution in [0.4, 0.5) is 0 Å². The molecule has 0 aromatic heterocycles. The van der Waals surface area contributed by atoms with Gasteiger partial charge in [0.25, 0.3) is 0 Å². The Morgan fingerprint density at radius 2 is 1.39 bits per heavy atom.